The Labute approximate surface area is 165 Å². The first kappa shape index (κ1) is 19.0. The highest BCUT2D eigenvalue weighted by Gasteiger charge is 2.79. The Bertz CT molecular complexity index is 931. The number of rotatable bonds is 3. The summed E-state index contributed by atoms with van der Waals surface area (Å²) in [7, 11) is 1.44. The maximum atomic E-state index is 12.5. The second-order valence-corrected chi connectivity index (χ2v) is 7.15. The van der Waals surface area contributed by atoms with Gasteiger partial charge in [0.25, 0.3) is 11.7 Å². The van der Waals surface area contributed by atoms with Crippen molar-refractivity contribution in [2.75, 3.05) is 13.6 Å². The Morgan fingerprint density at radius 1 is 1.31 bits per heavy atom. The molecule has 3 aliphatic heterocycles. The van der Waals surface area contributed by atoms with E-state index in [9.17, 15) is 19.8 Å². The molecule has 1 spiro atoms. The zero-order valence-electron chi connectivity index (χ0n) is 15.5. The molecule has 4 atom stereocenters. The number of hydrogen-bond acceptors (Lipinski definition) is 9. The minimum atomic E-state index is -2.64. The van der Waals surface area contributed by atoms with Crippen molar-refractivity contribution in [3.63, 3.8) is 0 Å². The van der Waals surface area contributed by atoms with E-state index in [-0.39, 0.29) is 24.0 Å². The zero-order chi connectivity index (χ0) is 21.0. The van der Waals surface area contributed by atoms with Gasteiger partial charge >= 0.3 is 23.6 Å². The average molecular weight is 405 g/mol. The summed E-state index contributed by atoms with van der Waals surface area (Å²) in [5, 5.41) is 30.4. The molecule has 154 valence electrons. The fourth-order valence-electron chi connectivity index (χ4n) is 4.23. The molecule has 1 fully saturated rings. The Kier molecular flexibility index (Phi) is 4.13. The van der Waals surface area contributed by atoms with Gasteiger partial charge in [-0.15, -0.1) is 0 Å². The van der Waals surface area contributed by atoms with E-state index in [2.05, 4.69) is 20.9 Å². The standard InChI is InChI=1S/C17H21N7O5/c1-20-12(25)10-11-16(23-14(18)22-11)17(27,28)9(7-24(16)15(19)21-10)29-13(26)8-5-3-2-4-6-8/h2-6,9-11,27-28H,7H2,1H3,(H6,18,19,20,21,22,23,25)/p+2/t9-,10?,11-,16-/m0/s1. The van der Waals surface area contributed by atoms with Crippen molar-refractivity contribution in [2.24, 2.45) is 11.5 Å². The van der Waals surface area contributed by atoms with E-state index in [1.807, 2.05) is 0 Å². The van der Waals surface area contributed by atoms with Gasteiger partial charge in [-0.3, -0.25) is 26.6 Å². The first-order valence-corrected chi connectivity index (χ1v) is 8.98. The van der Waals surface area contributed by atoms with Gasteiger partial charge in [0.15, 0.2) is 18.2 Å². The maximum Gasteiger partial charge on any atom is 0.347 e. The second kappa shape index (κ2) is 6.32. The number of esters is 1. The number of nitrogens with zero attached hydrogens (tertiary/aromatic N) is 1. The maximum absolute atomic E-state index is 12.5. The highest BCUT2D eigenvalue weighted by molar-refractivity contribution is 5.90. The molecule has 1 saturated heterocycles. The van der Waals surface area contributed by atoms with E-state index < -0.39 is 41.5 Å². The SMILES string of the molecule is CNC(=O)C1NC(N)=[N+]2C[C@H](OC(=O)c3ccccc3)C(O)(O)[C@@]23NC(N)=[NH+][C@@H]13. The van der Waals surface area contributed by atoms with Crippen molar-refractivity contribution in [3.8, 4) is 0 Å². The summed E-state index contributed by atoms with van der Waals surface area (Å²) in [6, 6.07) is 6.25. The largest absolute Gasteiger partial charge is 0.449 e. The van der Waals surface area contributed by atoms with E-state index >= 15 is 0 Å². The molecule has 3 heterocycles. The lowest BCUT2D eigenvalue weighted by Crippen LogP contribution is -2.92. The molecule has 1 aromatic carbocycles. The molecule has 1 unspecified atom stereocenters. The van der Waals surface area contributed by atoms with Crippen LogP contribution in [-0.2, 0) is 9.53 Å². The topological polar surface area (TPSA) is 189 Å². The predicted octanol–water partition coefficient (Wildman–Crippen LogP) is -5.99. The normalized spacial score (nSPS) is 31.7. The molecule has 0 aromatic heterocycles. The summed E-state index contributed by atoms with van der Waals surface area (Å²) in [6.45, 7) is -0.149. The third-order valence-corrected chi connectivity index (χ3v) is 5.59. The third kappa shape index (κ3) is 2.53. The number of hydrogen-bond donors (Lipinski definition) is 8. The fourth-order valence-corrected chi connectivity index (χ4v) is 4.23. The number of benzene rings is 1. The Balaban J connectivity index is 1.73. The molecule has 1 amide bonds. The van der Waals surface area contributed by atoms with Crippen LogP contribution in [0.25, 0.3) is 0 Å². The fraction of sp³-hybridized carbons (Fsp3) is 0.412. The van der Waals surface area contributed by atoms with Crippen molar-refractivity contribution < 1.29 is 34.1 Å². The molecule has 0 saturated carbocycles. The van der Waals surface area contributed by atoms with Crippen LogP contribution in [0.5, 0.6) is 0 Å². The van der Waals surface area contributed by atoms with Crippen LogP contribution >= 0.6 is 0 Å². The Morgan fingerprint density at radius 3 is 2.66 bits per heavy atom. The van der Waals surface area contributed by atoms with E-state index in [0.717, 1.165) is 0 Å². The van der Waals surface area contributed by atoms with Crippen LogP contribution in [0.15, 0.2) is 30.3 Å². The van der Waals surface area contributed by atoms with Crippen molar-refractivity contribution in [1.82, 2.24) is 16.0 Å². The van der Waals surface area contributed by atoms with Gasteiger partial charge in [0, 0.05) is 7.05 Å². The number of nitrogens with one attached hydrogen (secondary N) is 4. The van der Waals surface area contributed by atoms with Gasteiger partial charge < -0.3 is 20.3 Å². The van der Waals surface area contributed by atoms with Crippen LogP contribution in [0.1, 0.15) is 10.4 Å². The lowest BCUT2D eigenvalue weighted by molar-refractivity contribution is -0.672. The average Bonchev–Trinajstić information content (AvgIpc) is 3.16. The van der Waals surface area contributed by atoms with Gasteiger partial charge in [0.2, 0.25) is 0 Å². The summed E-state index contributed by atoms with van der Waals surface area (Å²) in [4.78, 5) is 27.7. The molecular formula is C17H23N7O5+2. The number of ether oxygens (including phenoxy) is 1. The van der Waals surface area contributed by atoms with Crippen molar-refractivity contribution in [2.45, 2.75) is 29.6 Å². The molecule has 0 aliphatic carbocycles. The van der Waals surface area contributed by atoms with Gasteiger partial charge in [0.1, 0.15) is 6.54 Å². The minimum Gasteiger partial charge on any atom is -0.449 e. The molecule has 12 heteroatoms. The van der Waals surface area contributed by atoms with Crippen LogP contribution in [0.2, 0.25) is 0 Å². The molecule has 29 heavy (non-hydrogen) atoms. The molecule has 12 nitrogen and oxygen atoms in total. The predicted molar refractivity (Wildman–Crippen MR) is 97.9 cm³/mol. The van der Waals surface area contributed by atoms with Crippen LogP contribution in [0.4, 0.5) is 0 Å². The summed E-state index contributed by atoms with van der Waals surface area (Å²) >= 11 is 0. The molecule has 10 N–H and O–H groups in total. The molecule has 4 rings (SSSR count). The van der Waals surface area contributed by atoms with Crippen molar-refractivity contribution in [1.29, 1.82) is 0 Å². The van der Waals surface area contributed by atoms with Gasteiger partial charge in [-0.2, -0.15) is 0 Å². The van der Waals surface area contributed by atoms with E-state index in [4.69, 9.17) is 16.2 Å². The van der Waals surface area contributed by atoms with E-state index in [0.29, 0.717) is 0 Å². The second-order valence-electron chi connectivity index (χ2n) is 7.15. The first-order valence-electron chi connectivity index (χ1n) is 8.98. The highest BCUT2D eigenvalue weighted by Crippen LogP contribution is 2.39. The summed E-state index contributed by atoms with van der Waals surface area (Å²) in [6.07, 6.45) is -1.39. The van der Waals surface area contributed by atoms with Gasteiger partial charge in [-0.25, -0.2) is 14.7 Å². The number of likely N-dealkylation sites (N-methyl/N-ethyl adjacent to an activating group) is 1. The molecule has 3 aliphatic rings. The quantitative estimate of drug-likeness (QED) is 0.137. The van der Waals surface area contributed by atoms with Crippen LogP contribution in [0.3, 0.4) is 0 Å². The number of guanidine groups is 2. The van der Waals surface area contributed by atoms with E-state index in [1.54, 1.807) is 30.3 Å². The number of carbonyl (C=O) groups is 2. The molecule has 0 bridgehead atoms. The third-order valence-electron chi connectivity index (χ3n) is 5.59. The Hall–Kier alpha value is -3.38. The van der Waals surface area contributed by atoms with Crippen molar-refractivity contribution >= 4 is 23.8 Å². The number of carbonyl (C=O) groups excluding carboxylic acids is 2. The molecular weight excluding hydrogens is 382 g/mol. The van der Waals surface area contributed by atoms with Crippen LogP contribution < -0.4 is 32.4 Å². The van der Waals surface area contributed by atoms with Crippen LogP contribution in [-0.4, -0.2) is 81.8 Å². The Morgan fingerprint density at radius 2 is 2.00 bits per heavy atom. The smallest absolute Gasteiger partial charge is 0.347 e. The lowest BCUT2D eigenvalue weighted by Gasteiger charge is -2.40. The minimum absolute atomic E-state index is 0.00425. The lowest BCUT2D eigenvalue weighted by atomic mass is 9.85. The number of aliphatic hydroxyl groups is 2. The van der Waals surface area contributed by atoms with Gasteiger partial charge in [-0.05, 0) is 12.1 Å². The first-order chi connectivity index (χ1) is 13.7. The summed E-state index contributed by atoms with van der Waals surface area (Å²) < 4.78 is 6.81. The number of nitrogens with two attached hydrogens (primary N) is 2. The summed E-state index contributed by atoms with van der Waals surface area (Å²) in [5.41, 5.74) is 10.5. The van der Waals surface area contributed by atoms with Gasteiger partial charge in [0.05, 0.1) is 5.56 Å². The van der Waals surface area contributed by atoms with Crippen LogP contribution in [0, 0.1) is 0 Å². The zero-order valence-corrected chi connectivity index (χ0v) is 15.5. The highest BCUT2D eigenvalue weighted by atomic mass is 16.6. The number of amides is 1. The van der Waals surface area contributed by atoms with Gasteiger partial charge in [-0.1, -0.05) is 18.2 Å². The van der Waals surface area contributed by atoms with Crippen molar-refractivity contribution in [3.05, 3.63) is 35.9 Å². The monoisotopic (exact) mass is 405 g/mol. The van der Waals surface area contributed by atoms with E-state index in [1.165, 1.54) is 11.6 Å². The summed E-state index contributed by atoms with van der Waals surface area (Å²) in [5.74, 6) is -3.79. The molecule has 1 aromatic rings. The molecule has 0 radical (unpaired) electrons.